The number of ether oxygens (including phenoxy) is 1. The Morgan fingerprint density at radius 1 is 1.27 bits per heavy atom. The minimum Gasteiger partial charge on any atom is -0.456 e. The molecule has 0 rings (SSSR count). The van der Waals surface area contributed by atoms with Gasteiger partial charge >= 0.3 is 5.97 Å². The lowest BCUT2D eigenvalue weighted by atomic mass is 9.90. The minimum absolute atomic E-state index is 0.263. The molecule has 0 aliphatic carbocycles. The zero-order valence-electron chi connectivity index (χ0n) is 10.3. The molecule has 0 spiro atoms. The summed E-state index contributed by atoms with van der Waals surface area (Å²) in [6, 6.07) is 0. The highest BCUT2D eigenvalue weighted by Gasteiger charge is 2.28. The molecule has 0 fully saturated rings. The smallest absolute Gasteiger partial charge is 0.330 e. The number of carbonyl (C=O) groups is 1. The quantitative estimate of drug-likeness (QED) is 0.347. The third kappa shape index (κ3) is 5.01. The molecule has 0 amide bonds. The van der Waals surface area contributed by atoms with Gasteiger partial charge in [0.05, 0.1) is 0 Å². The summed E-state index contributed by atoms with van der Waals surface area (Å²) in [6.07, 6.45) is 7.50. The van der Waals surface area contributed by atoms with Gasteiger partial charge in [0.2, 0.25) is 0 Å². The van der Waals surface area contributed by atoms with Crippen molar-refractivity contribution in [1.82, 2.24) is 0 Å². The van der Waals surface area contributed by atoms with Crippen molar-refractivity contribution in [1.29, 1.82) is 0 Å². The van der Waals surface area contributed by atoms with Gasteiger partial charge in [0.1, 0.15) is 5.60 Å². The van der Waals surface area contributed by atoms with Crippen LogP contribution in [0.25, 0.3) is 0 Å². The molecular formula is C13H24O2. The van der Waals surface area contributed by atoms with Crippen molar-refractivity contribution in [2.75, 3.05) is 0 Å². The highest BCUT2D eigenvalue weighted by molar-refractivity contribution is 5.81. The molecule has 0 saturated heterocycles. The van der Waals surface area contributed by atoms with Gasteiger partial charge < -0.3 is 4.74 Å². The van der Waals surface area contributed by atoms with E-state index in [1.807, 2.05) is 0 Å². The van der Waals surface area contributed by atoms with E-state index in [1.165, 1.54) is 18.9 Å². The Hall–Kier alpha value is -0.790. The maximum absolute atomic E-state index is 11.2. The predicted octanol–water partition coefficient (Wildman–Crippen LogP) is 3.85. The Bertz CT molecular complexity index is 193. The van der Waals surface area contributed by atoms with Gasteiger partial charge in [0, 0.05) is 6.08 Å². The maximum Gasteiger partial charge on any atom is 0.330 e. The zero-order chi connectivity index (χ0) is 11.7. The van der Waals surface area contributed by atoms with E-state index in [-0.39, 0.29) is 11.6 Å². The largest absolute Gasteiger partial charge is 0.456 e. The van der Waals surface area contributed by atoms with E-state index in [0.717, 1.165) is 25.7 Å². The summed E-state index contributed by atoms with van der Waals surface area (Å²) in [7, 11) is 0. The van der Waals surface area contributed by atoms with Gasteiger partial charge in [0.25, 0.3) is 0 Å². The zero-order valence-corrected chi connectivity index (χ0v) is 10.3. The number of unbranched alkanes of at least 4 members (excludes halogenated alkanes) is 2. The number of hydrogen-bond acceptors (Lipinski definition) is 2. The molecule has 2 heteroatoms. The van der Waals surface area contributed by atoms with Gasteiger partial charge in [-0.15, -0.1) is 0 Å². The summed E-state index contributed by atoms with van der Waals surface area (Å²) in [5.41, 5.74) is -0.263. The molecule has 0 aliphatic heterocycles. The van der Waals surface area contributed by atoms with Gasteiger partial charge in [-0.25, -0.2) is 4.79 Å². The second-order valence-electron chi connectivity index (χ2n) is 3.97. The van der Waals surface area contributed by atoms with Crippen molar-refractivity contribution >= 4 is 5.97 Å². The molecule has 0 aliphatic rings. The fraction of sp³-hybridized carbons (Fsp3) is 0.769. The van der Waals surface area contributed by atoms with Gasteiger partial charge in [-0.3, -0.25) is 0 Å². The second-order valence-corrected chi connectivity index (χ2v) is 3.97. The first-order valence-electron chi connectivity index (χ1n) is 5.99. The summed E-state index contributed by atoms with van der Waals surface area (Å²) in [5, 5.41) is 0. The van der Waals surface area contributed by atoms with Crippen LogP contribution >= 0.6 is 0 Å². The molecule has 0 bridgehead atoms. The SMILES string of the molecule is C=CC(=O)OC(CC)(CC)CCCCC. The summed E-state index contributed by atoms with van der Waals surface area (Å²) in [5.74, 6) is -0.296. The van der Waals surface area contributed by atoms with Crippen LogP contribution in [0.4, 0.5) is 0 Å². The third-order valence-electron chi connectivity index (χ3n) is 3.01. The minimum atomic E-state index is -0.296. The fourth-order valence-electron chi connectivity index (χ4n) is 1.75. The topological polar surface area (TPSA) is 26.3 Å². The van der Waals surface area contributed by atoms with Crippen molar-refractivity contribution in [3.8, 4) is 0 Å². The number of hydrogen-bond donors (Lipinski definition) is 0. The first-order valence-corrected chi connectivity index (χ1v) is 5.99. The Morgan fingerprint density at radius 3 is 2.27 bits per heavy atom. The van der Waals surface area contributed by atoms with Crippen LogP contribution in [0.15, 0.2) is 12.7 Å². The van der Waals surface area contributed by atoms with E-state index < -0.39 is 0 Å². The van der Waals surface area contributed by atoms with Crippen LogP contribution in [0, 0.1) is 0 Å². The van der Waals surface area contributed by atoms with Gasteiger partial charge in [-0.1, -0.05) is 40.2 Å². The van der Waals surface area contributed by atoms with Crippen molar-refractivity contribution in [3.63, 3.8) is 0 Å². The van der Waals surface area contributed by atoms with Crippen molar-refractivity contribution < 1.29 is 9.53 Å². The number of carbonyl (C=O) groups excluding carboxylic acids is 1. The normalized spacial score (nSPS) is 11.1. The maximum atomic E-state index is 11.2. The first kappa shape index (κ1) is 14.2. The fourth-order valence-corrected chi connectivity index (χ4v) is 1.75. The predicted molar refractivity (Wildman–Crippen MR) is 63.7 cm³/mol. The monoisotopic (exact) mass is 212 g/mol. The van der Waals surface area contributed by atoms with Gasteiger partial charge in [-0.05, 0) is 25.7 Å². The van der Waals surface area contributed by atoms with Crippen LogP contribution < -0.4 is 0 Å². The first-order chi connectivity index (χ1) is 7.14. The Labute approximate surface area is 93.7 Å². The summed E-state index contributed by atoms with van der Waals surface area (Å²) in [6.45, 7) is 9.76. The second kappa shape index (κ2) is 7.49. The van der Waals surface area contributed by atoms with Crippen LogP contribution in [-0.2, 0) is 9.53 Å². The van der Waals surface area contributed by atoms with Crippen LogP contribution in [-0.4, -0.2) is 11.6 Å². The van der Waals surface area contributed by atoms with Crippen molar-refractivity contribution in [3.05, 3.63) is 12.7 Å². The summed E-state index contributed by atoms with van der Waals surface area (Å²) >= 11 is 0. The van der Waals surface area contributed by atoms with Gasteiger partial charge in [0.15, 0.2) is 0 Å². The molecule has 0 unspecified atom stereocenters. The molecule has 0 atom stereocenters. The van der Waals surface area contributed by atoms with E-state index in [4.69, 9.17) is 4.74 Å². The number of rotatable bonds is 8. The Morgan fingerprint density at radius 2 is 1.87 bits per heavy atom. The van der Waals surface area contributed by atoms with Gasteiger partial charge in [-0.2, -0.15) is 0 Å². The Kier molecular flexibility index (Phi) is 7.10. The molecule has 15 heavy (non-hydrogen) atoms. The molecule has 0 aromatic carbocycles. The average molecular weight is 212 g/mol. The third-order valence-corrected chi connectivity index (χ3v) is 3.01. The van der Waals surface area contributed by atoms with Crippen LogP contribution in [0.5, 0.6) is 0 Å². The van der Waals surface area contributed by atoms with Crippen molar-refractivity contribution in [2.45, 2.75) is 64.9 Å². The summed E-state index contributed by atoms with van der Waals surface area (Å²) in [4.78, 5) is 11.2. The molecule has 88 valence electrons. The number of esters is 1. The van der Waals surface area contributed by atoms with Crippen LogP contribution in [0.3, 0.4) is 0 Å². The molecular weight excluding hydrogens is 188 g/mol. The average Bonchev–Trinajstić information content (AvgIpc) is 2.27. The highest BCUT2D eigenvalue weighted by atomic mass is 16.6. The lowest BCUT2D eigenvalue weighted by Crippen LogP contribution is -2.33. The molecule has 0 N–H and O–H groups in total. The van der Waals surface area contributed by atoms with E-state index in [0.29, 0.717) is 0 Å². The summed E-state index contributed by atoms with van der Waals surface area (Å²) < 4.78 is 5.48. The van der Waals surface area contributed by atoms with E-state index in [1.54, 1.807) is 0 Å². The van der Waals surface area contributed by atoms with E-state index in [9.17, 15) is 4.79 Å². The lowest BCUT2D eigenvalue weighted by Gasteiger charge is -2.31. The van der Waals surface area contributed by atoms with E-state index in [2.05, 4.69) is 27.4 Å². The van der Waals surface area contributed by atoms with Crippen LogP contribution in [0.2, 0.25) is 0 Å². The molecule has 0 saturated carbocycles. The van der Waals surface area contributed by atoms with E-state index >= 15 is 0 Å². The highest BCUT2D eigenvalue weighted by Crippen LogP contribution is 2.27. The molecule has 0 heterocycles. The standard InChI is InChI=1S/C13H24O2/c1-5-9-10-11-13(7-3,8-4)15-12(14)6-2/h6H,2,5,7-11H2,1,3-4H3. The molecule has 0 aromatic rings. The lowest BCUT2D eigenvalue weighted by molar-refractivity contribution is -0.155. The molecule has 0 aromatic heterocycles. The molecule has 2 nitrogen and oxygen atoms in total. The van der Waals surface area contributed by atoms with Crippen molar-refractivity contribution in [2.24, 2.45) is 0 Å². The molecule has 0 radical (unpaired) electrons. The van der Waals surface area contributed by atoms with Crippen LogP contribution in [0.1, 0.15) is 59.3 Å². The Balaban J connectivity index is 4.28.